The molecule has 2 N–H and O–H groups in total. The summed E-state index contributed by atoms with van der Waals surface area (Å²) in [5.74, 6) is 0.572. The van der Waals surface area contributed by atoms with Crippen LogP contribution in [0.15, 0.2) is 72.8 Å². The van der Waals surface area contributed by atoms with Crippen molar-refractivity contribution in [1.82, 2.24) is 5.32 Å². The summed E-state index contributed by atoms with van der Waals surface area (Å²) in [5, 5.41) is 8.64. The number of fused-ring (bicyclic) bond motifs is 1. The van der Waals surface area contributed by atoms with Crippen molar-refractivity contribution < 1.29 is 9.53 Å². The van der Waals surface area contributed by atoms with Gasteiger partial charge in [0.05, 0.1) is 0 Å². The molecule has 4 nitrogen and oxygen atoms in total. The maximum atomic E-state index is 12.1. The van der Waals surface area contributed by atoms with Gasteiger partial charge in [-0.3, -0.25) is 4.79 Å². The number of amides is 1. The van der Waals surface area contributed by atoms with Crippen molar-refractivity contribution in [2.75, 3.05) is 18.4 Å². The van der Waals surface area contributed by atoms with Crippen LogP contribution in [0.4, 0.5) is 5.69 Å². The summed E-state index contributed by atoms with van der Waals surface area (Å²) in [6, 6.07) is 23.8. The van der Waals surface area contributed by atoms with Crippen molar-refractivity contribution >= 4 is 22.4 Å². The van der Waals surface area contributed by atoms with Crippen LogP contribution in [0.5, 0.6) is 5.75 Å². The third-order valence-corrected chi connectivity index (χ3v) is 3.95. The van der Waals surface area contributed by atoms with Gasteiger partial charge in [0.25, 0.3) is 5.91 Å². The number of rotatable bonds is 7. The Labute approximate surface area is 147 Å². The van der Waals surface area contributed by atoms with E-state index in [2.05, 4.69) is 28.8 Å². The fourth-order valence-corrected chi connectivity index (χ4v) is 2.66. The fraction of sp³-hybridized carbons (Fsp3) is 0.190. The minimum Gasteiger partial charge on any atom is -0.481 e. The highest BCUT2D eigenvalue weighted by Gasteiger charge is 2.13. The van der Waals surface area contributed by atoms with Crippen LogP contribution in [0, 0.1) is 0 Å². The molecule has 0 bridgehead atoms. The Kier molecular flexibility index (Phi) is 5.52. The molecule has 0 aliphatic rings. The van der Waals surface area contributed by atoms with Crippen molar-refractivity contribution in [3.63, 3.8) is 0 Å². The molecule has 3 aromatic rings. The molecule has 128 valence electrons. The molecule has 0 aromatic heterocycles. The lowest BCUT2D eigenvalue weighted by atomic mass is 10.1. The quantitative estimate of drug-likeness (QED) is 0.646. The van der Waals surface area contributed by atoms with Gasteiger partial charge in [0.1, 0.15) is 5.75 Å². The van der Waals surface area contributed by atoms with Crippen molar-refractivity contribution in [3.05, 3.63) is 72.8 Å². The molecular weight excluding hydrogens is 312 g/mol. The highest BCUT2D eigenvalue weighted by atomic mass is 16.5. The van der Waals surface area contributed by atoms with Crippen molar-refractivity contribution in [3.8, 4) is 5.75 Å². The molecule has 3 rings (SSSR count). The van der Waals surface area contributed by atoms with E-state index in [1.54, 1.807) is 6.92 Å². The number of benzene rings is 3. The predicted octanol–water partition coefficient (Wildman–Crippen LogP) is 3.84. The summed E-state index contributed by atoms with van der Waals surface area (Å²) < 4.78 is 5.62. The van der Waals surface area contributed by atoms with Crippen LogP contribution in [-0.4, -0.2) is 25.1 Å². The standard InChI is InChI=1S/C21H22N2O2/c1-16(25-18-10-3-2-4-11-18)21(24)23-15-14-22-20-13-7-9-17-8-5-6-12-19(17)20/h2-13,16,22H,14-15H2,1H3,(H,23,24)/t16-/m1/s1. The molecule has 0 aliphatic carbocycles. The van der Waals surface area contributed by atoms with E-state index in [9.17, 15) is 4.79 Å². The van der Waals surface area contributed by atoms with Crippen LogP contribution in [0.1, 0.15) is 6.92 Å². The smallest absolute Gasteiger partial charge is 0.260 e. The lowest BCUT2D eigenvalue weighted by Gasteiger charge is -2.15. The summed E-state index contributed by atoms with van der Waals surface area (Å²) in [5.41, 5.74) is 1.07. The first kappa shape index (κ1) is 16.8. The van der Waals surface area contributed by atoms with E-state index in [1.807, 2.05) is 54.6 Å². The summed E-state index contributed by atoms with van der Waals surface area (Å²) >= 11 is 0. The Morgan fingerprint density at radius 1 is 0.920 bits per heavy atom. The van der Waals surface area contributed by atoms with Gasteiger partial charge >= 0.3 is 0 Å². The van der Waals surface area contributed by atoms with E-state index in [0.717, 1.165) is 5.69 Å². The number of hydrogen-bond acceptors (Lipinski definition) is 3. The third kappa shape index (κ3) is 4.51. The van der Waals surface area contributed by atoms with Gasteiger partial charge in [-0.25, -0.2) is 0 Å². The highest BCUT2D eigenvalue weighted by molar-refractivity contribution is 5.93. The average molecular weight is 334 g/mol. The molecule has 3 aromatic carbocycles. The first-order valence-corrected chi connectivity index (χ1v) is 8.45. The number of ether oxygens (including phenoxy) is 1. The number of hydrogen-bond donors (Lipinski definition) is 2. The molecule has 0 aliphatic heterocycles. The summed E-state index contributed by atoms with van der Waals surface area (Å²) in [7, 11) is 0. The van der Waals surface area contributed by atoms with Gasteiger partial charge in [-0.1, -0.05) is 54.6 Å². The number of para-hydroxylation sites is 1. The molecule has 0 saturated carbocycles. The lowest BCUT2D eigenvalue weighted by molar-refractivity contribution is -0.127. The Balaban J connectivity index is 1.47. The van der Waals surface area contributed by atoms with E-state index < -0.39 is 6.10 Å². The molecule has 4 heteroatoms. The van der Waals surface area contributed by atoms with Crippen LogP contribution in [-0.2, 0) is 4.79 Å². The zero-order chi connectivity index (χ0) is 17.5. The Morgan fingerprint density at radius 2 is 1.64 bits per heavy atom. The van der Waals surface area contributed by atoms with Crippen LogP contribution in [0.3, 0.4) is 0 Å². The fourth-order valence-electron chi connectivity index (χ4n) is 2.66. The maximum Gasteiger partial charge on any atom is 0.260 e. The lowest BCUT2D eigenvalue weighted by Crippen LogP contribution is -2.38. The van der Waals surface area contributed by atoms with E-state index in [0.29, 0.717) is 18.8 Å². The van der Waals surface area contributed by atoms with Crippen LogP contribution in [0.25, 0.3) is 10.8 Å². The average Bonchev–Trinajstić information content (AvgIpc) is 2.66. The second-order valence-electron chi connectivity index (χ2n) is 5.82. The molecule has 0 unspecified atom stereocenters. The van der Waals surface area contributed by atoms with Gasteiger partial charge in [0.15, 0.2) is 6.10 Å². The molecule has 1 atom stereocenters. The van der Waals surface area contributed by atoms with Gasteiger partial charge in [0, 0.05) is 24.2 Å². The molecule has 1 amide bonds. The van der Waals surface area contributed by atoms with Gasteiger partial charge in [-0.05, 0) is 30.5 Å². The monoisotopic (exact) mass is 334 g/mol. The van der Waals surface area contributed by atoms with Crippen molar-refractivity contribution in [1.29, 1.82) is 0 Å². The Bertz CT molecular complexity index is 828. The number of carbonyl (C=O) groups excluding carboxylic acids is 1. The minimum atomic E-state index is -0.528. The normalized spacial score (nSPS) is 11.7. The Hall–Kier alpha value is -3.01. The zero-order valence-corrected chi connectivity index (χ0v) is 14.2. The zero-order valence-electron chi connectivity index (χ0n) is 14.2. The molecular formula is C21H22N2O2. The topological polar surface area (TPSA) is 50.4 Å². The Morgan fingerprint density at radius 3 is 2.48 bits per heavy atom. The van der Waals surface area contributed by atoms with Crippen molar-refractivity contribution in [2.45, 2.75) is 13.0 Å². The highest BCUT2D eigenvalue weighted by Crippen LogP contribution is 2.22. The van der Waals surface area contributed by atoms with Gasteiger partial charge < -0.3 is 15.4 Å². The van der Waals surface area contributed by atoms with Gasteiger partial charge in [-0.2, -0.15) is 0 Å². The van der Waals surface area contributed by atoms with Crippen LogP contribution >= 0.6 is 0 Å². The molecule has 0 radical (unpaired) electrons. The second-order valence-corrected chi connectivity index (χ2v) is 5.82. The minimum absolute atomic E-state index is 0.122. The van der Waals surface area contributed by atoms with Gasteiger partial charge in [-0.15, -0.1) is 0 Å². The van der Waals surface area contributed by atoms with E-state index in [4.69, 9.17) is 4.74 Å². The summed E-state index contributed by atoms with van der Waals surface area (Å²) in [6.45, 7) is 2.93. The van der Waals surface area contributed by atoms with E-state index in [-0.39, 0.29) is 5.91 Å². The summed E-state index contributed by atoms with van der Waals surface area (Å²) in [4.78, 5) is 12.1. The third-order valence-electron chi connectivity index (χ3n) is 3.95. The first-order chi connectivity index (χ1) is 12.2. The second kappa shape index (κ2) is 8.20. The van der Waals surface area contributed by atoms with Crippen LogP contribution in [0.2, 0.25) is 0 Å². The van der Waals surface area contributed by atoms with E-state index >= 15 is 0 Å². The largest absolute Gasteiger partial charge is 0.481 e. The molecule has 0 saturated heterocycles. The summed E-state index contributed by atoms with van der Waals surface area (Å²) in [6.07, 6.45) is -0.528. The number of anilines is 1. The SMILES string of the molecule is C[C@@H](Oc1ccccc1)C(=O)NCCNc1cccc2ccccc12. The first-order valence-electron chi connectivity index (χ1n) is 8.45. The number of carbonyl (C=O) groups is 1. The van der Waals surface area contributed by atoms with Crippen LogP contribution < -0.4 is 15.4 Å². The van der Waals surface area contributed by atoms with E-state index in [1.165, 1.54) is 10.8 Å². The number of nitrogens with one attached hydrogen (secondary N) is 2. The molecule has 25 heavy (non-hydrogen) atoms. The van der Waals surface area contributed by atoms with Crippen molar-refractivity contribution in [2.24, 2.45) is 0 Å². The van der Waals surface area contributed by atoms with Gasteiger partial charge in [0.2, 0.25) is 0 Å². The predicted molar refractivity (Wildman–Crippen MR) is 102 cm³/mol. The molecule has 0 heterocycles. The molecule has 0 spiro atoms. The maximum absolute atomic E-state index is 12.1. The molecule has 0 fully saturated rings.